The molecular formula is C15H18BrN3. The molecule has 1 aromatic carbocycles. The van der Waals surface area contributed by atoms with Crippen LogP contribution in [0.15, 0.2) is 41.3 Å². The van der Waals surface area contributed by atoms with Crippen LogP contribution in [-0.4, -0.2) is 15.6 Å². The van der Waals surface area contributed by atoms with E-state index in [0.29, 0.717) is 12.1 Å². The maximum absolute atomic E-state index is 4.33. The van der Waals surface area contributed by atoms with Crippen molar-refractivity contribution in [2.45, 2.75) is 38.3 Å². The van der Waals surface area contributed by atoms with Gasteiger partial charge >= 0.3 is 0 Å². The average Bonchev–Trinajstić information content (AvgIpc) is 2.89. The van der Waals surface area contributed by atoms with Crippen molar-refractivity contribution in [2.24, 2.45) is 0 Å². The third kappa shape index (κ3) is 2.74. The molecule has 1 aliphatic rings. The molecule has 3 nitrogen and oxygen atoms in total. The van der Waals surface area contributed by atoms with Crippen LogP contribution in [0.3, 0.4) is 0 Å². The minimum absolute atomic E-state index is 0.412. The van der Waals surface area contributed by atoms with Crippen molar-refractivity contribution >= 4 is 15.9 Å². The third-order valence-corrected chi connectivity index (χ3v) is 4.27. The van der Waals surface area contributed by atoms with E-state index in [-0.39, 0.29) is 0 Å². The molecule has 2 aromatic rings. The predicted octanol–water partition coefficient (Wildman–Crippen LogP) is 3.84. The zero-order chi connectivity index (χ0) is 13.2. The number of hydrogen-bond donors (Lipinski definition) is 1. The van der Waals surface area contributed by atoms with Crippen molar-refractivity contribution in [3.8, 4) is 5.69 Å². The molecular weight excluding hydrogens is 302 g/mol. The van der Waals surface area contributed by atoms with Crippen LogP contribution in [-0.2, 0) is 0 Å². The lowest BCUT2D eigenvalue weighted by molar-refractivity contribution is 0.334. The normalized spacial score (nSPS) is 23.5. The van der Waals surface area contributed by atoms with Crippen LogP contribution in [0.25, 0.3) is 5.69 Å². The minimum Gasteiger partial charge on any atom is -0.306 e. The van der Waals surface area contributed by atoms with Gasteiger partial charge in [0.15, 0.2) is 0 Å². The van der Waals surface area contributed by atoms with Gasteiger partial charge in [0.1, 0.15) is 0 Å². The Bertz CT molecular complexity index is 547. The van der Waals surface area contributed by atoms with Crippen molar-refractivity contribution in [3.05, 3.63) is 47.0 Å². The van der Waals surface area contributed by atoms with E-state index in [1.165, 1.54) is 25.0 Å². The Kier molecular flexibility index (Phi) is 3.71. The van der Waals surface area contributed by atoms with Crippen LogP contribution in [0.4, 0.5) is 0 Å². The Morgan fingerprint density at radius 3 is 2.79 bits per heavy atom. The Balaban J connectivity index is 1.91. The predicted molar refractivity (Wildman–Crippen MR) is 80.5 cm³/mol. The number of benzene rings is 1. The number of aromatic nitrogens is 2. The molecule has 2 heterocycles. The first-order chi connectivity index (χ1) is 9.24. The molecule has 0 saturated carbocycles. The molecule has 0 bridgehead atoms. The average molecular weight is 320 g/mol. The summed E-state index contributed by atoms with van der Waals surface area (Å²) < 4.78 is 3.28. The lowest BCUT2D eigenvalue weighted by atomic mass is 9.97. The van der Waals surface area contributed by atoms with Crippen LogP contribution < -0.4 is 5.32 Å². The van der Waals surface area contributed by atoms with Gasteiger partial charge in [0, 0.05) is 22.2 Å². The number of nitrogens with zero attached hydrogens (tertiary/aromatic N) is 2. The van der Waals surface area contributed by atoms with Gasteiger partial charge in [0.05, 0.1) is 18.2 Å². The standard InChI is InChI=1S/C15H18BrN3/c1-11-3-2-4-14(18-11)15-9-17-10-19(15)13-7-5-12(16)6-8-13/h5-11,14,18H,2-4H2,1H3. The maximum atomic E-state index is 4.33. The fourth-order valence-corrected chi connectivity index (χ4v) is 3.02. The number of nitrogens with one attached hydrogen (secondary N) is 1. The van der Waals surface area contributed by atoms with Crippen LogP contribution >= 0.6 is 15.9 Å². The minimum atomic E-state index is 0.412. The van der Waals surface area contributed by atoms with Crippen molar-refractivity contribution in [1.82, 2.24) is 14.9 Å². The number of imidazole rings is 1. The fraction of sp³-hybridized carbons (Fsp3) is 0.400. The lowest BCUT2D eigenvalue weighted by Crippen LogP contribution is -2.35. The highest BCUT2D eigenvalue weighted by Crippen LogP contribution is 2.27. The molecule has 0 amide bonds. The van der Waals surface area contributed by atoms with Gasteiger partial charge in [-0.1, -0.05) is 15.9 Å². The Morgan fingerprint density at radius 2 is 2.05 bits per heavy atom. The van der Waals surface area contributed by atoms with Gasteiger partial charge in [0.25, 0.3) is 0 Å². The van der Waals surface area contributed by atoms with E-state index >= 15 is 0 Å². The second-order valence-electron chi connectivity index (χ2n) is 5.22. The number of piperidine rings is 1. The molecule has 0 spiro atoms. The molecule has 0 radical (unpaired) electrons. The summed E-state index contributed by atoms with van der Waals surface area (Å²) in [6.45, 7) is 2.26. The van der Waals surface area contributed by atoms with Gasteiger partial charge in [-0.2, -0.15) is 0 Å². The molecule has 0 aliphatic carbocycles. The van der Waals surface area contributed by atoms with Crippen LogP contribution in [0.5, 0.6) is 0 Å². The Morgan fingerprint density at radius 1 is 1.26 bits per heavy atom. The topological polar surface area (TPSA) is 29.9 Å². The monoisotopic (exact) mass is 319 g/mol. The van der Waals surface area contributed by atoms with Crippen molar-refractivity contribution < 1.29 is 0 Å². The van der Waals surface area contributed by atoms with Gasteiger partial charge in [-0.3, -0.25) is 0 Å². The van der Waals surface area contributed by atoms with Gasteiger partial charge in [-0.15, -0.1) is 0 Å². The highest BCUT2D eigenvalue weighted by Gasteiger charge is 2.22. The first kappa shape index (κ1) is 12.9. The van der Waals surface area contributed by atoms with E-state index in [2.05, 4.69) is 62.0 Å². The number of halogens is 1. The summed E-state index contributed by atoms with van der Waals surface area (Å²) in [5.41, 5.74) is 2.42. The maximum Gasteiger partial charge on any atom is 0.0994 e. The first-order valence-electron chi connectivity index (χ1n) is 6.78. The van der Waals surface area contributed by atoms with Crippen LogP contribution in [0.2, 0.25) is 0 Å². The zero-order valence-corrected chi connectivity index (χ0v) is 12.6. The van der Waals surface area contributed by atoms with E-state index < -0.39 is 0 Å². The Labute approximate surface area is 122 Å². The first-order valence-corrected chi connectivity index (χ1v) is 7.57. The van der Waals surface area contributed by atoms with E-state index in [1.807, 2.05) is 12.5 Å². The quantitative estimate of drug-likeness (QED) is 0.911. The van der Waals surface area contributed by atoms with Gasteiger partial charge in [-0.05, 0) is 50.5 Å². The molecule has 100 valence electrons. The van der Waals surface area contributed by atoms with E-state index in [9.17, 15) is 0 Å². The smallest absolute Gasteiger partial charge is 0.0994 e. The lowest BCUT2D eigenvalue weighted by Gasteiger charge is -2.29. The van der Waals surface area contributed by atoms with E-state index in [0.717, 1.165) is 10.2 Å². The summed E-state index contributed by atoms with van der Waals surface area (Å²) in [5.74, 6) is 0. The summed E-state index contributed by atoms with van der Waals surface area (Å²) in [6.07, 6.45) is 7.62. The second-order valence-corrected chi connectivity index (χ2v) is 6.13. The molecule has 2 unspecified atom stereocenters. The molecule has 1 N–H and O–H groups in total. The third-order valence-electron chi connectivity index (χ3n) is 3.74. The van der Waals surface area contributed by atoms with Crippen molar-refractivity contribution in [2.75, 3.05) is 0 Å². The van der Waals surface area contributed by atoms with Gasteiger partial charge in [0.2, 0.25) is 0 Å². The van der Waals surface area contributed by atoms with Gasteiger partial charge in [-0.25, -0.2) is 4.98 Å². The molecule has 3 rings (SSSR count). The molecule has 1 aromatic heterocycles. The molecule has 1 fully saturated rings. The summed E-state index contributed by atoms with van der Waals surface area (Å²) >= 11 is 3.47. The summed E-state index contributed by atoms with van der Waals surface area (Å²) in [7, 11) is 0. The van der Waals surface area contributed by atoms with Crippen LogP contribution in [0.1, 0.15) is 37.9 Å². The van der Waals surface area contributed by atoms with Crippen molar-refractivity contribution in [1.29, 1.82) is 0 Å². The molecule has 2 atom stereocenters. The largest absolute Gasteiger partial charge is 0.306 e. The summed E-state index contributed by atoms with van der Waals surface area (Å²) in [4.78, 5) is 4.33. The summed E-state index contributed by atoms with van der Waals surface area (Å²) in [5, 5.41) is 3.67. The van der Waals surface area contributed by atoms with E-state index in [4.69, 9.17) is 0 Å². The molecule has 1 aliphatic heterocycles. The highest BCUT2D eigenvalue weighted by molar-refractivity contribution is 9.10. The zero-order valence-electron chi connectivity index (χ0n) is 11.0. The van der Waals surface area contributed by atoms with Crippen molar-refractivity contribution in [3.63, 3.8) is 0 Å². The highest BCUT2D eigenvalue weighted by atomic mass is 79.9. The number of rotatable bonds is 2. The molecule has 4 heteroatoms. The Hall–Kier alpha value is -1.13. The summed E-state index contributed by atoms with van der Waals surface area (Å²) in [6, 6.07) is 9.36. The SMILES string of the molecule is CC1CCCC(c2cncn2-c2ccc(Br)cc2)N1. The van der Waals surface area contributed by atoms with E-state index in [1.54, 1.807) is 0 Å². The molecule has 1 saturated heterocycles. The van der Waals surface area contributed by atoms with Gasteiger partial charge < -0.3 is 9.88 Å². The number of hydrogen-bond acceptors (Lipinski definition) is 2. The molecule has 19 heavy (non-hydrogen) atoms. The van der Waals surface area contributed by atoms with Crippen LogP contribution in [0, 0.1) is 0 Å². The fourth-order valence-electron chi connectivity index (χ4n) is 2.75. The second kappa shape index (κ2) is 5.47.